The highest BCUT2D eigenvalue weighted by Crippen LogP contribution is 2.18. The highest BCUT2D eigenvalue weighted by atomic mass is 14.9. The summed E-state index contributed by atoms with van der Waals surface area (Å²) < 4.78 is 0. The fourth-order valence-corrected chi connectivity index (χ4v) is 0.881. The summed E-state index contributed by atoms with van der Waals surface area (Å²) in [5.74, 6) is 2.76. The highest BCUT2D eigenvalue weighted by molar-refractivity contribution is 5.05. The van der Waals surface area contributed by atoms with Crippen molar-refractivity contribution < 1.29 is 0 Å². The van der Waals surface area contributed by atoms with Gasteiger partial charge in [-0.1, -0.05) is 26.7 Å². The van der Waals surface area contributed by atoms with Crippen molar-refractivity contribution in [3.05, 3.63) is 0 Å². The molecule has 0 rings (SSSR count). The van der Waals surface area contributed by atoms with Gasteiger partial charge in [0.05, 0.1) is 6.04 Å². The molecule has 0 saturated carbocycles. The molecular formula is C10H19N. The van der Waals surface area contributed by atoms with Crippen LogP contribution < -0.4 is 5.32 Å². The third-order valence-corrected chi connectivity index (χ3v) is 1.53. The number of rotatable bonds is 2. The molecule has 1 nitrogen and oxygen atoms in total. The molecule has 0 fully saturated rings. The fourth-order valence-electron chi connectivity index (χ4n) is 0.881. The van der Waals surface area contributed by atoms with E-state index in [0.29, 0.717) is 6.04 Å². The average molecular weight is 153 g/mol. The summed E-state index contributed by atoms with van der Waals surface area (Å²) in [5, 5.41) is 3.33. The Morgan fingerprint density at radius 3 is 1.82 bits per heavy atom. The molecule has 1 heteroatoms. The lowest BCUT2D eigenvalue weighted by atomic mass is 9.87. The zero-order valence-electron chi connectivity index (χ0n) is 8.23. The molecule has 1 atom stereocenters. The minimum absolute atomic E-state index is 0.152. The van der Waals surface area contributed by atoms with Crippen molar-refractivity contribution in [2.24, 2.45) is 5.41 Å². The van der Waals surface area contributed by atoms with Gasteiger partial charge >= 0.3 is 0 Å². The molecule has 0 bridgehead atoms. The summed E-state index contributed by atoms with van der Waals surface area (Å²) in [5.41, 5.74) is 0.152. The van der Waals surface area contributed by atoms with Crippen molar-refractivity contribution in [3.63, 3.8) is 0 Å². The van der Waals surface area contributed by atoms with Crippen LogP contribution in [0.1, 0.15) is 34.6 Å². The van der Waals surface area contributed by atoms with Gasteiger partial charge in [0, 0.05) is 6.04 Å². The Balaban J connectivity index is 4.11. The predicted octanol–water partition coefficient (Wildman–Crippen LogP) is 2.03. The van der Waals surface area contributed by atoms with E-state index in [1.54, 1.807) is 0 Å². The molecule has 64 valence electrons. The fraction of sp³-hybridized carbons (Fsp3) is 0.800. The second-order valence-corrected chi connectivity index (χ2v) is 4.29. The lowest BCUT2D eigenvalue weighted by molar-refractivity contribution is 0.307. The summed E-state index contributed by atoms with van der Waals surface area (Å²) in [6.07, 6.45) is 5.39. The standard InChI is InChI=1S/C10H19N/c1-7-9(10(4,5)6)11-8(2)3/h1,8-9,11H,2-6H3. The van der Waals surface area contributed by atoms with E-state index in [4.69, 9.17) is 6.42 Å². The van der Waals surface area contributed by atoms with E-state index in [-0.39, 0.29) is 11.5 Å². The smallest absolute Gasteiger partial charge is 0.0737 e. The van der Waals surface area contributed by atoms with Crippen molar-refractivity contribution in [2.45, 2.75) is 46.7 Å². The quantitative estimate of drug-likeness (QED) is 0.599. The maximum atomic E-state index is 5.39. The summed E-state index contributed by atoms with van der Waals surface area (Å²) >= 11 is 0. The normalized spacial score (nSPS) is 14.6. The molecule has 1 unspecified atom stereocenters. The lowest BCUT2D eigenvalue weighted by Gasteiger charge is -2.28. The number of hydrogen-bond acceptors (Lipinski definition) is 1. The van der Waals surface area contributed by atoms with Crippen LogP contribution in [0.15, 0.2) is 0 Å². The summed E-state index contributed by atoms with van der Waals surface area (Å²) in [7, 11) is 0. The van der Waals surface area contributed by atoms with Crippen molar-refractivity contribution in [3.8, 4) is 12.3 Å². The van der Waals surface area contributed by atoms with Crippen molar-refractivity contribution in [1.82, 2.24) is 5.32 Å². The van der Waals surface area contributed by atoms with Crippen LogP contribution in [0.5, 0.6) is 0 Å². The van der Waals surface area contributed by atoms with Crippen LogP contribution in [0.4, 0.5) is 0 Å². The number of hydrogen-bond donors (Lipinski definition) is 1. The van der Waals surface area contributed by atoms with Gasteiger partial charge in [-0.05, 0) is 19.3 Å². The molecule has 0 aliphatic carbocycles. The first-order chi connectivity index (χ1) is 4.88. The van der Waals surface area contributed by atoms with E-state index >= 15 is 0 Å². The molecule has 0 aliphatic heterocycles. The molecular weight excluding hydrogens is 134 g/mol. The number of terminal acetylenes is 1. The van der Waals surface area contributed by atoms with Crippen LogP contribution in [0.25, 0.3) is 0 Å². The first-order valence-electron chi connectivity index (χ1n) is 4.10. The van der Waals surface area contributed by atoms with Crippen LogP contribution >= 0.6 is 0 Å². The molecule has 0 aromatic rings. The van der Waals surface area contributed by atoms with Crippen LogP contribution in [-0.4, -0.2) is 12.1 Å². The van der Waals surface area contributed by atoms with Gasteiger partial charge in [-0.25, -0.2) is 0 Å². The van der Waals surface area contributed by atoms with Gasteiger partial charge in [0.25, 0.3) is 0 Å². The first kappa shape index (κ1) is 10.5. The van der Waals surface area contributed by atoms with E-state index < -0.39 is 0 Å². The van der Waals surface area contributed by atoms with Gasteiger partial charge in [-0.15, -0.1) is 6.42 Å². The van der Waals surface area contributed by atoms with E-state index in [2.05, 4.69) is 45.9 Å². The first-order valence-corrected chi connectivity index (χ1v) is 4.10. The molecule has 0 aromatic carbocycles. The van der Waals surface area contributed by atoms with E-state index in [1.165, 1.54) is 0 Å². The van der Waals surface area contributed by atoms with Crippen molar-refractivity contribution in [1.29, 1.82) is 0 Å². The second-order valence-electron chi connectivity index (χ2n) is 4.29. The summed E-state index contributed by atoms with van der Waals surface area (Å²) in [4.78, 5) is 0. The zero-order valence-corrected chi connectivity index (χ0v) is 8.23. The van der Waals surface area contributed by atoms with Gasteiger partial charge in [-0.2, -0.15) is 0 Å². The average Bonchev–Trinajstić information content (AvgIpc) is 1.79. The maximum absolute atomic E-state index is 5.39. The minimum atomic E-state index is 0.152. The SMILES string of the molecule is C#CC(NC(C)C)C(C)(C)C. The van der Waals surface area contributed by atoms with E-state index in [1.807, 2.05) is 0 Å². The predicted molar refractivity (Wildman–Crippen MR) is 50.3 cm³/mol. The van der Waals surface area contributed by atoms with Crippen molar-refractivity contribution >= 4 is 0 Å². The molecule has 0 aliphatic rings. The van der Waals surface area contributed by atoms with Gasteiger partial charge in [0.2, 0.25) is 0 Å². The van der Waals surface area contributed by atoms with Crippen LogP contribution in [0.2, 0.25) is 0 Å². The van der Waals surface area contributed by atoms with Gasteiger partial charge < -0.3 is 5.32 Å². The molecule has 0 aromatic heterocycles. The van der Waals surface area contributed by atoms with Crippen LogP contribution in [0, 0.1) is 17.8 Å². The Labute approximate surface area is 70.6 Å². The molecule has 0 spiro atoms. The molecule has 0 saturated heterocycles. The van der Waals surface area contributed by atoms with Crippen molar-refractivity contribution in [2.75, 3.05) is 0 Å². The summed E-state index contributed by atoms with van der Waals surface area (Å²) in [6.45, 7) is 10.7. The third-order valence-electron chi connectivity index (χ3n) is 1.53. The monoisotopic (exact) mass is 153 g/mol. The summed E-state index contributed by atoms with van der Waals surface area (Å²) in [6, 6.07) is 0.623. The maximum Gasteiger partial charge on any atom is 0.0737 e. The Morgan fingerprint density at radius 2 is 1.73 bits per heavy atom. The molecule has 1 N–H and O–H groups in total. The van der Waals surface area contributed by atoms with Crippen LogP contribution in [-0.2, 0) is 0 Å². The van der Waals surface area contributed by atoms with Crippen LogP contribution in [0.3, 0.4) is 0 Å². The second kappa shape index (κ2) is 3.78. The van der Waals surface area contributed by atoms with E-state index in [9.17, 15) is 0 Å². The van der Waals surface area contributed by atoms with Gasteiger partial charge in [0.1, 0.15) is 0 Å². The Hall–Kier alpha value is -0.480. The lowest BCUT2D eigenvalue weighted by Crippen LogP contribution is -2.42. The zero-order chi connectivity index (χ0) is 9.07. The Morgan fingerprint density at radius 1 is 1.27 bits per heavy atom. The Bertz CT molecular complexity index is 145. The minimum Gasteiger partial charge on any atom is -0.301 e. The molecule has 0 amide bonds. The topological polar surface area (TPSA) is 12.0 Å². The molecule has 0 heterocycles. The molecule has 0 radical (unpaired) electrons. The van der Waals surface area contributed by atoms with E-state index in [0.717, 1.165) is 0 Å². The van der Waals surface area contributed by atoms with Gasteiger partial charge in [-0.3, -0.25) is 0 Å². The molecule has 11 heavy (non-hydrogen) atoms. The third kappa shape index (κ3) is 4.06. The Kier molecular flexibility index (Phi) is 3.62. The highest BCUT2D eigenvalue weighted by Gasteiger charge is 2.22. The number of nitrogens with one attached hydrogen (secondary N) is 1. The largest absolute Gasteiger partial charge is 0.301 e. The van der Waals surface area contributed by atoms with Gasteiger partial charge in [0.15, 0.2) is 0 Å².